The molecule has 1 heterocycles. The standard InChI is InChI=1S/C6H10N2O3/c7-4-1-2-8(3-4)5(9)6(10)11/h4H,1-3,7H2,(H,10,11). The van der Waals surface area contributed by atoms with Crippen molar-refractivity contribution in [1.29, 1.82) is 0 Å². The van der Waals surface area contributed by atoms with Gasteiger partial charge in [-0.2, -0.15) is 0 Å². The fraction of sp³-hybridized carbons (Fsp3) is 0.667. The predicted octanol–water partition coefficient (Wildman–Crippen LogP) is -1.37. The van der Waals surface area contributed by atoms with Gasteiger partial charge >= 0.3 is 11.9 Å². The van der Waals surface area contributed by atoms with Crippen molar-refractivity contribution in [3.8, 4) is 0 Å². The second kappa shape index (κ2) is 2.87. The maximum absolute atomic E-state index is 10.8. The van der Waals surface area contributed by atoms with Crippen LogP contribution in [-0.2, 0) is 9.59 Å². The van der Waals surface area contributed by atoms with Crippen molar-refractivity contribution < 1.29 is 14.7 Å². The molecule has 3 N–H and O–H groups in total. The zero-order valence-corrected chi connectivity index (χ0v) is 5.99. The number of carboxylic acids is 1. The molecule has 1 unspecified atom stereocenters. The van der Waals surface area contributed by atoms with Gasteiger partial charge in [0.05, 0.1) is 0 Å². The number of hydrogen-bond acceptors (Lipinski definition) is 3. The molecule has 0 aromatic rings. The van der Waals surface area contributed by atoms with E-state index in [1.807, 2.05) is 0 Å². The number of carboxylic acid groups (broad SMARTS) is 1. The topological polar surface area (TPSA) is 83.6 Å². The van der Waals surface area contributed by atoms with E-state index in [0.29, 0.717) is 19.5 Å². The third-order valence-corrected chi connectivity index (χ3v) is 1.69. The lowest BCUT2D eigenvalue weighted by molar-refractivity contribution is -0.155. The Labute approximate surface area is 63.8 Å². The van der Waals surface area contributed by atoms with Gasteiger partial charge < -0.3 is 15.7 Å². The molecule has 1 amide bonds. The fourth-order valence-corrected chi connectivity index (χ4v) is 1.11. The number of likely N-dealkylation sites (tertiary alicyclic amines) is 1. The summed E-state index contributed by atoms with van der Waals surface area (Å²) in [5.41, 5.74) is 5.48. The highest BCUT2D eigenvalue weighted by atomic mass is 16.4. The van der Waals surface area contributed by atoms with E-state index < -0.39 is 11.9 Å². The maximum Gasteiger partial charge on any atom is 0.394 e. The Balaban J connectivity index is 2.50. The van der Waals surface area contributed by atoms with E-state index in [1.165, 1.54) is 4.90 Å². The van der Waals surface area contributed by atoms with Gasteiger partial charge in [-0.25, -0.2) is 4.79 Å². The number of rotatable bonds is 0. The maximum atomic E-state index is 10.8. The van der Waals surface area contributed by atoms with Crippen LogP contribution in [0.3, 0.4) is 0 Å². The first-order valence-electron chi connectivity index (χ1n) is 3.39. The van der Waals surface area contributed by atoms with Gasteiger partial charge in [0.2, 0.25) is 0 Å². The molecule has 1 rings (SSSR count). The number of amides is 1. The zero-order valence-electron chi connectivity index (χ0n) is 5.99. The minimum atomic E-state index is -1.40. The number of carbonyl (C=O) groups is 2. The van der Waals surface area contributed by atoms with Crippen LogP contribution in [0.2, 0.25) is 0 Å². The number of hydrogen-bond donors (Lipinski definition) is 2. The number of nitrogens with two attached hydrogens (primary N) is 1. The summed E-state index contributed by atoms with van der Waals surface area (Å²) in [6, 6.07) is -0.0571. The second-order valence-electron chi connectivity index (χ2n) is 2.61. The van der Waals surface area contributed by atoms with Crippen LogP contribution in [0.5, 0.6) is 0 Å². The van der Waals surface area contributed by atoms with Gasteiger partial charge in [-0.05, 0) is 6.42 Å². The summed E-state index contributed by atoms with van der Waals surface area (Å²) >= 11 is 0. The van der Waals surface area contributed by atoms with Crippen molar-refractivity contribution >= 4 is 11.9 Å². The molecular weight excluding hydrogens is 148 g/mol. The first kappa shape index (κ1) is 8.00. The lowest BCUT2D eigenvalue weighted by Gasteiger charge is -2.11. The minimum Gasteiger partial charge on any atom is -0.474 e. The summed E-state index contributed by atoms with van der Waals surface area (Å²) < 4.78 is 0. The van der Waals surface area contributed by atoms with Crippen LogP contribution in [-0.4, -0.2) is 41.0 Å². The van der Waals surface area contributed by atoms with Gasteiger partial charge in [-0.3, -0.25) is 4.79 Å². The molecule has 5 nitrogen and oxygen atoms in total. The average Bonchev–Trinajstić information content (AvgIpc) is 2.34. The van der Waals surface area contributed by atoms with E-state index in [2.05, 4.69) is 0 Å². The highest BCUT2D eigenvalue weighted by Crippen LogP contribution is 2.06. The van der Waals surface area contributed by atoms with Gasteiger partial charge in [0.15, 0.2) is 0 Å². The monoisotopic (exact) mass is 158 g/mol. The van der Waals surface area contributed by atoms with Crippen molar-refractivity contribution in [2.75, 3.05) is 13.1 Å². The largest absolute Gasteiger partial charge is 0.474 e. The number of carbonyl (C=O) groups excluding carboxylic acids is 1. The van der Waals surface area contributed by atoms with Crippen molar-refractivity contribution in [1.82, 2.24) is 4.90 Å². The van der Waals surface area contributed by atoms with E-state index in [0.717, 1.165) is 0 Å². The van der Waals surface area contributed by atoms with Crippen molar-refractivity contribution in [3.05, 3.63) is 0 Å². The van der Waals surface area contributed by atoms with Crippen molar-refractivity contribution in [2.24, 2.45) is 5.73 Å². The van der Waals surface area contributed by atoms with E-state index in [-0.39, 0.29) is 6.04 Å². The molecule has 62 valence electrons. The van der Waals surface area contributed by atoms with E-state index in [4.69, 9.17) is 10.8 Å². The Morgan fingerprint density at radius 2 is 2.18 bits per heavy atom. The molecule has 0 saturated carbocycles. The summed E-state index contributed by atoms with van der Waals surface area (Å²) in [7, 11) is 0. The molecule has 0 aromatic carbocycles. The lowest BCUT2D eigenvalue weighted by Crippen LogP contribution is -2.36. The van der Waals surface area contributed by atoms with Gasteiger partial charge in [0, 0.05) is 19.1 Å². The molecule has 1 aliphatic rings. The Bertz CT molecular complexity index is 192. The molecule has 5 heteroatoms. The molecule has 11 heavy (non-hydrogen) atoms. The van der Waals surface area contributed by atoms with Crippen LogP contribution in [0.4, 0.5) is 0 Å². The molecule has 1 saturated heterocycles. The summed E-state index contributed by atoms with van der Waals surface area (Å²) in [4.78, 5) is 22.2. The fourth-order valence-electron chi connectivity index (χ4n) is 1.11. The van der Waals surface area contributed by atoms with Crippen LogP contribution in [0, 0.1) is 0 Å². The molecule has 1 atom stereocenters. The van der Waals surface area contributed by atoms with Crippen LogP contribution in [0.1, 0.15) is 6.42 Å². The first-order valence-corrected chi connectivity index (χ1v) is 3.39. The molecule has 0 spiro atoms. The lowest BCUT2D eigenvalue weighted by atomic mass is 10.3. The Kier molecular flexibility index (Phi) is 2.09. The molecule has 0 bridgehead atoms. The van der Waals surface area contributed by atoms with E-state index in [1.54, 1.807) is 0 Å². The van der Waals surface area contributed by atoms with E-state index in [9.17, 15) is 9.59 Å². The van der Waals surface area contributed by atoms with Gasteiger partial charge in [-0.1, -0.05) is 0 Å². The smallest absolute Gasteiger partial charge is 0.394 e. The summed E-state index contributed by atoms with van der Waals surface area (Å²) in [5.74, 6) is -2.25. The first-order chi connectivity index (χ1) is 5.11. The summed E-state index contributed by atoms with van der Waals surface area (Å²) in [5, 5.41) is 8.30. The summed E-state index contributed by atoms with van der Waals surface area (Å²) in [6.07, 6.45) is 0.693. The zero-order chi connectivity index (χ0) is 8.43. The van der Waals surface area contributed by atoms with Gasteiger partial charge in [0.25, 0.3) is 0 Å². The van der Waals surface area contributed by atoms with E-state index >= 15 is 0 Å². The highest BCUT2D eigenvalue weighted by Gasteiger charge is 2.27. The number of nitrogens with zero attached hydrogens (tertiary/aromatic N) is 1. The molecular formula is C6H10N2O3. The molecule has 1 aliphatic heterocycles. The third kappa shape index (κ3) is 1.68. The number of aliphatic carboxylic acids is 1. The SMILES string of the molecule is NC1CCN(C(=O)C(=O)O)C1. The quantitative estimate of drug-likeness (QED) is 0.426. The van der Waals surface area contributed by atoms with Crippen LogP contribution < -0.4 is 5.73 Å². The summed E-state index contributed by atoms with van der Waals surface area (Å²) in [6.45, 7) is 0.831. The minimum absolute atomic E-state index is 0.0571. The Morgan fingerprint density at radius 1 is 1.55 bits per heavy atom. The van der Waals surface area contributed by atoms with Crippen LogP contribution in [0.25, 0.3) is 0 Å². The third-order valence-electron chi connectivity index (χ3n) is 1.69. The van der Waals surface area contributed by atoms with Crippen LogP contribution in [0.15, 0.2) is 0 Å². The normalized spacial score (nSPS) is 23.7. The Morgan fingerprint density at radius 3 is 2.55 bits per heavy atom. The predicted molar refractivity (Wildman–Crippen MR) is 36.8 cm³/mol. The molecule has 0 aliphatic carbocycles. The van der Waals surface area contributed by atoms with Crippen molar-refractivity contribution in [2.45, 2.75) is 12.5 Å². The molecule has 0 aromatic heterocycles. The van der Waals surface area contributed by atoms with Crippen LogP contribution >= 0.6 is 0 Å². The van der Waals surface area contributed by atoms with Crippen molar-refractivity contribution in [3.63, 3.8) is 0 Å². The van der Waals surface area contributed by atoms with Gasteiger partial charge in [-0.15, -0.1) is 0 Å². The molecule has 0 radical (unpaired) electrons. The highest BCUT2D eigenvalue weighted by molar-refractivity contribution is 6.31. The second-order valence-corrected chi connectivity index (χ2v) is 2.61. The molecule has 1 fully saturated rings. The average molecular weight is 158 g/mol. The van der Waals surface area contributed by atoms with Gasteiger partial charge in [0.1, 0.15) is 0 Å². The Hall–Kier alpha value is -1.10.